The van der Waals surface area contributed by atoms with Crippen molar-refractivity contribution in [2.45, 2.75) is 31.3 Å². The second-order valence-corrected chi connectivity index (χ2v) is 4.11. The summed E-state index contributed by atoms with van der Waals surface area (Å²) < 4.78 is 0. The Bertz CT molecular complexity index is 336. The van der Waals surface area contributed by atoms with Crippen molar-refractivity contribution < 1.29 is 5.11 Å². The monoisotopic (exact) mass is 208 g/mol. The van der Waals surface area contributed by atoms with E-state index in [1.54, 1.807) is 6.20 Å². The van der Waals surface area contributed by atoms with Crippen molar-refractivity contribution >= 4 is 11.5 Å². The molecule has 82 valence electrons. The second-order valence-electron chi connectivity index (χ2n) is 4.11. The molecule has 1 aromatic rings. The average Bonchev–Trinajstić information content (AvgIpc) is 2.65. The zero-order valence-corrected chi connectivity index (χ0v) is 8.61. The number of rotatable bonds is 3. The van der Waals surface area contributed by atoms with Crippen molar-refractivity contribution in [2.24, 2.45) is 0 Å². The molecule has 0 bridgehead atoms. The number of nitrogens with one attached hydrogen (secondary N) is 1. The number of nitrogen functional groups attached to an aromatic ring is 1. The molecular weight excluding hydrogens is 192 g/mol. The summed E-state index contributed by atoms with van der Waals surface area (Å²) in [6, 6.07) is 0. The van der Waals surface area contributed by atoms with Crippen LogP contribution in [0.4, 0.5) is 11.5 Å². The highest BCUT2D eigenvalue weighted by atomic mass is 16.3. The molecule has 0 radical (unpaired) electrons. The van der Waals surface area contributed by atoms with Crippen LogP contribution in [0.3, 0.4) is 0 Å². The highest BCUT2D eigenvalue weighted by Gasteiger charge is 2.30. The van der Waals surface area contributed by atoms with E-state index in [4.69, 9.17) is 5.73 Å². The van der Waals surface area contributed by atoms with Gasteiger partial charge >= 0.3 is 0 Å². The van der Waals surface area contributed by atoms with Gasteiger partial charge in [-0.15, -0.1) is 0 Å². The van der Waals surface area contributed by atoms with Crippen LogP contribution in [0.2, 0.25) is 0 Å². The standard InChI is InChI=1S/C10H16N4O/c11-8-5-12-7-14-9(8)13-6-10(15)3-1-2-4-10/h5,7,15H,1-4,6,11H2,(H,12,13,14). The molecule has 0 amide bonds. The number of hydrogen-bond acceptors (Lipinski definition) is 5. The van der Waals surface area contributed by atoms with Crippen molar-refractivity contribution in [1.82, 2.24) is 9.97 Å². The van der Waals surface area contributed by atoms with E-state index >= 15 is 0 Å². The molecule has 0 atom stereocenters. The molecule has 0 aromatic carbocycles. The molecule has 2 rings (SSSR count). The molecule has 1 saturated carbocycles. The summed E-state index contributed by atoms with van der Waals surface area (Å²) in [5, 5.41) is 13.2. The van der Waals surface area contributed by atoms with Crippen molar-refractivity contribution in [1.29, 1.82) is 0 Å². The number of hydrogen-bond donors (Lipinski definition) is 3. The first-order valence-corrected chi connectivity index (χ1v) is 5.21. The largest absolute Gasteiger partial charge is 0.394 e. The van der Waals surface area contributed by atoms with E-state index in [0.717, 1.165) is 25.7 Å². The van der Waals surface area contributed by atoms with Gasteiger partial charge in [-0.2, -0.15) is 0 Å². The van der Waals surface area contributed by atoms with Crippen LogP contribution < -0.4 is 11.1 Å². The summed E-state index contributed by atoms with van der Waals surface area (Å²) in [6.07, 6.45) is 6.89. The molecule has 0 spiro atoms. The predicted octanol–water partition coefficient (Wildman–Crippen LogP) is 0.776. The third-order valence-electron chi connectivity index (χ3n) is 2.86. The maximum atomic E-state index is 10.1. The molecule has 5 heteroatoms. The minimum absolute atomic E-state index is 0.508. The molecule has 15 heavy (non-hydrogen) atoms. The molecule has 1 fully saturated rings. The summed E-state index contributed by atoms with van der Waals surface area (Å²) in [5.41, 5.74) is 5.61. The van der Waals surface area contributed by atoms with Crippen molar-refractivity contribution in [3.05, 3.63) is 12.5 Å². The van der Waals surface area contributed by atoms with Crippen molar-refractivity contribution in [2.75, 3.05) is 17.6 Å². The number of aliphatic hydroxyl groups is 1. The fraction of sp³-hybridized carbons (Fsp3) is 0.600. The van der Waals surface area contributed by atoms with Gasteiger partial charge in [0, 0.05) is 6.54 Å². The van der Waals surface area contributed by atoms with Gasteiger partial charge in [0.25, 0.3) is 0 Å². The first kappa shape index (κ1) is 10.2. The Kier molecular flexibility index (Phi) is 2.73. The molecular formula is C10H16N4O. The van der Waals surface area contributed by atoms with Crippen LogP contribution in [-0.4, -0.2) is 27.2 Å². The number of anilines is 2. The summed E-state index contributed by atoms with van der Waals surface area (Å²) in [7, 11) is 0. The quantitative estimate of drug-likeness (QED) is 0.683. The maximum absolute atomic E-state index is 10.1. The van der Waals surface area contributed by atoms with Crippen LogP contribution >= 0.6 is 0 Å². The van der Waals surface area contributed by atoms with Gasteiger partial charge in [-0.3, -0.25) is 0 Å². The Morgan fingerprint density at radius 3 is 2.87 bits per heavy atom. The van der Waals surface area contributed by atoms with E-state index in [2.05, 4.69) is 15.3 Å². The molecule has 4 N–H and O–H groups in total. The molecule has 1 aromatic heterocycles. The Morgan fingerprint density at radius 1 is 1.47 bits per heavy atom. The molecule has 5 nitrogen and oxygen atoms in total. The SMILES string of the molecule is Nc1cncnc1NCC1(O)CCCC1. The maximum Gasteiger partial charge on any atom is 0.152 e. The van der Waals surface area contributed by atoms with Crippen LogP contribution in [0.15, 0.2) is 12.5 Å². The Morgan fingerprint density at radius 2 is 2.20 bits per heavy atom. The van der Waals surface area contributed by atoms with Crippen LogP contribution in [-0.2, 0) is 0 Å². The summed E-state index contributed by atoms with van der Waals surface area (Å²) in [4.78, 5) is 7.82. The second kappa shape index (κ2) is 4.02. The van der Waals surface area contributed by atoms with Crippen LogP contribution in [0.1, 0.15) is 25.7 Å². The van der Waals surface area contributed by atoms with E-state index in [9.17, 15) is 5.11 Å². The normalized spacial score (nSPS) is 19.0. The van der Waals surface area contributed by atoms with Crippen LogP contribution in [0.25, 0.3) is 0 Å². The van der Waals surface area contributed by atoms with Gasteiger partial charge in [-0.05, 0) is 12.8 Å². The Hall–Kier alpha value is -1.36. The van der Waals surface area contributed by atoms with Gasteiger partial charge in [0.05, 0.1) is 17.5 Å². The molecule has 0 unspecified atom stereocenters. The molecule has 1 aliphatic rings. The average molecular weight is 208 g/mol. The first-order valence-electron chi connectivity index (χ1n) is 5.21. The Labute approximate surface area is 88.7 Å². The fourth-order valence-electron chi connectivity index (χ4n) is 1.95. The van der Waals surface area contributed by atoms with E-state index in [1.165, 1.54) is 6.33 Å². The number of aromatic nitrogens is 2. The molecule has 1 aliphatic carbocycles. The topological polar surface area (TPSA) is 84.1 Å². The van der Waals surface area contributed by atoms with Gasteiger partial charge in [0.15, 0.2) is 5.82 Å². The lowest BCUT2D eigenvalue weighted by molar-refractivity contribution is 0.0614. The van der Waals surface area contributed by atoms with Gasteiger partial charge < -0.3 is 16.2 Å². The molecule has 1 heterocycles. The van der Waals surface area contributed by atoms with Gasteiger partial charge in [0.1, 0.15) is 6.33 Å². The minimum Gasteiger partial charge on any atom is -0.394 e. The number of nitrogens with two attached hydrogens (primary N) is 1. The predicted molar refractivity (Wildman–Crippen MR) is 58.4 cm³/mol. The highest BCUT2D eigenvalue weighted by Crippen LogP contribution is 2.29. The van der Waals surface area contributed by atoms with Crippen molar-refractivity contribution in [3.63, 3.8) is 0 Å². The van der Waals surface area contributed by atoms with E-state index in [0.29, 0.717) is 18.1 Å². The van der Waals surface area contributed by atoms with Crippen LogP contribution in [0, 0.1) is 0 Å². The fourth-order valence-corrected chi connectivity index (χ4v) is 1.95. The lowest BCUT2D eigenvalue weighted by Gasteiger charge is -2.22. The zero-order valence-electron chi connectivity index (χ0n) is 8.61. The van der Waals surface area contributed by atoms with Gasteiger partial charge in [-0.1, -0.05) is 12.8 Å². The third-order valence-corrected chi connectivity index (χ3v) is 2.86. The summed E-state index contributed by atoms with van der Waals surface area (Å²) in [5.74, 6) is 0.602. The van der Waals surface area contributed by atoms with Gasteiger partial charge in [-0.25, -0.2) is 9.97 Å². The molecule has 0 saturated heterocycles. The minimum atomic E-state index is -0.586. The van der Waals surface area contributed by atoms with Crippen molar-refractivity contribution in [3.8, 4) is 0 Å². The summed E-state index contributed by atoms with van der Waals surface area (Å²) >= 11 is 0. The van der Waals surface area contributed by atoms with E-state index < -0.39 is 5.60 Å². The Balaban J connectivity index is 1.95. The van der Waals surface area contributed by atoms with Crippen LogP contribution in [0.5, 0.6) is 0 Å². The van der Waals surface area contributed by atoms with Gasteiger partial charge in [0.2, 0.25) is 0 Å². The summed E-state index contributed by atoms with van der Waals surface area (Å²) in [6.45, 7) is 0.508. The lowest BCUT2D eigenvalue weighted by atomic mass is 10.0. The highest BCUT2D eigenvalue weighted by molar-refractivity contribution is 5.59. The van der Waals surface area contributed by atoms with E-state index in [-0.39, 0.29) is 0 Å². The number of nitrogens with zero attached hydrogens (tertiary/aromatic N) is 2. The first-order chi connectivity index (χ1) is 7.20. The smallest absolute Gasteiger partial charge is 0.152 e. The third kappa shape index (κ3) is 2.36. The lowest BCUT2D eigenvalue weighted by Crippen LogP contribution is -2.33. The van der Waals surface area contributed by atoms with E-state index in [1.807, 2.05) is 0 Å². The molecule has 0 aliphatic heterocycles. The zero-order chi connectivity index (χ0) is 10.7.